The van der Waals surface area contributed by atoms with E-state index in [1.54, 1.807) is 25.1 Å². The number of aliphatic hydroxyl groups excluding tert-OH is 1. The Balaban J connectivity index is 1.91. The standard InChI is InChI=1S/C15H20ClNO3/c1-11(18)12-5-6-14(13(16)9-12)20-10-15(19)17-7-3-2-4-8-17/h5-6,9,11,18H,2-4,7-8,10H2,1H3/t11-/m0/s1. The number of carbonyl (C=O) groups is 1. The van der Waals surface area contributed by atoms with E-state index in [0.717, 1.165) is 31.5 Å². The molecule has 20 heavy (non-hydrogen) atoms. The van der Waals surface area contributed by atoms with E-state index in [1.165, 1.54) is 6.42 Å². The molecule has 1 fully saturated rings. The lowest BCUT2D eigenvalue weighted by Crippen LogP contribution is -2.38. The second-order valence-corrected chi connectivity index (χ2v) is 5.50. The van der Waals surface area contributed by atoms with Gasteiger partial charge in [-0.05, 0) is 43.9 Å². The average molecular weight is 298 g/mol. The summed E-state index contributed by atoms with van der Waals surface area (Å²) in [6, 6.07) is 5.10. The minimum atomic E-state index is -0.573. The largest absolute Gasteiger partial charge is 0.482 e. The molecule has 1 aromatic carbocycles. The topological polar surface area (TPSA) is 49.8 Å². The summed E-state index contributed by atoms with van der Waals surface area (Å²) >= 11 is 6.08. The quantitative estimate of drug-likeness (QED) is 0.930. The van der Waals surface area contributed by atoms with Crippen LogP contribution < -0.4 is 4.74 Å². The molecule has 1 amide bonds. The normalized spacial score (nSPS) is 16.9. The van der Waals surface area contributed by atoms with Crippen molar-refractivity contribution in [1.29, 1.82) is 0 Å². The Morgan fingerprint density at radius 2 is 2.10 bits per heavy atom. The third-order valence-corrected chi connectivity index (χ3v) is 3.79. The van der Waals surface area contributed by atoms with Crippen molar-refractivity contribution in [3.05, 3.63) is 28.8 Å². The van der Waals surface area contributed by atoms with E-state index in [4.69, 9.17) is 16.3 Å². The average Bonchev–Trinajstić information content (AvgIpc) is 2.46. The van der Waals surface area contributed by atoms with Crippen molar-refractivity contribution in [2.24, 2.45) is 0 Å². The van der Waals surface area contributed by atoms with Crippen LogP contribution in [0.5, 0.6) is 5.75 Å². The minimum absolute atomic E-state index is 0.000342. The van der Waals surface area contributed by atoms with Crippen molar-refractivity contribution in [3.8, 4) is 5.75 Å². The van der Waals surface area contributed by atoms with Gasteiger partial charge in [-0.2, -0.15) is 0 Å². The molecule has 1 aliphatic heterocycles. The fourth-order valence-electron chi connectivity index (χ4n) is 2.27. The number of likely N-dealkylation sites (tertiary alicyclic amines) is 1. The predicted octanol–water partition coefficient (Wildman–Crippen LogP) is 2.78. The molecule has 1 saturated heterocycles. The van der Waals surface area contributed by atoms with Crippen LogP contribution in [-0.4, -0.2) is 35.6 Å². The van der Waals surface area contributed by atoms with Crippen molar-refractivity contribution in [2.45, 2.75) is 32.3 Å². The van der Waals surface area contributed by atoms with Gasteiger partial charge in [0.25, 0.3) is 5.91 Å². The monoisotopic (exact) mass is 297 g/mol. The zero-order valence-electron chi connectivity index (χ0n) is 11.6. The summed E-state index contributed by atoms with van der Waals surface area (Å²) in [7, 11) is 0. The molecular weight excluding hydrogens is 278 g/mol. The Morgan fingerprint density at radius 3 is 2.70 bits per heavy atom. The van der Waals surface area contributed by atoms with Crippen LogP contribution in [0, 0.1) is 0 Å². The SMILES string of the molecule is C[C@H](O)c1ccc(OCC(=O)N2CCCCC2)c(Cl)c1. The molecule has 110 valence electrons. The van der Waals surface area contributed by atoms with Gasteiger partial charge < -0.3 is 14.7 Å². The van der Waals surface area contributed by atoms with Gasteiger partial charge in [-0.15, -0.1) is 0 Å². The fourth-order valence-corrected chi connectivity index (χ4v) is 2.51. The Hall–Kier alpha value is -1.26. The van der Waals surface area contributed by atoms with Crippen LogP contribution in [0.4, 0.5) is 0 Å². The van der Waals surface area contributed by atoms with Gasteiger partial charge in [0.05, 0.1) is 11.1 Å². The molecule has 2 rings (SSSR count). The molecule has 1 aromatic rings. The number of rotatable bonds is 4. The smallest absolute Gasteiger partial charge is 0.260 e. The maximum absolute atomic E-state index is 12.0. The summed E-state index contributed by atoms with van der Waals surface area (Å²) in [6.45, 7) is 3.31. The first-order valence-corrected chi connectivity index (χ1v) is 7.34. The highest BCUT2D eigenvalue weighted by Gasteiger charge is 2.17. The van der Waals surface area contributed by atoms with E-state index in [-0.39, 0.29) is 12.5 Å². The highest BCUT2D eigenvalue weighted by molar-refractivity contribution is 6.32. The van der Waals surface area contributed by atoms with Gasteiger partial charge in [0.15, 0.2) is 6.61 Å². The number of ether oxygens (including phenoxy) is 1. The lowest BCUT2D eigenvalue weighted by molar-refractivity contribution is -0.134. The Bertz CT molecular complexity index is 470. The number of amides is 1. The minimum Gasteiger partial charge on any atom is -0.482 e. The maximum atomic E-state index is 12.0. The third-order valence-electron chi connectivity index (χ3n) is 3.50. The Labute approximate surface area is 124 Å². The predicted molar refractivity (Wildman–Crippen MR) is 78.0 cm³/mol. The van der Waals surface area contributed by atoms with Gasteiger partial charge in [0.2, 0.25) is 0 Å². The van der Waals surface area contributed by atoms with Crippen molar-refractivity contribution >= 4 is 17.5 Å². The summed E-state index contributed by atoms with van der Waals surface area (Å²) in [5, 5.41) is 9.88. The van der Waals surface area contributed by atoms with E-state index in [1.807, 2.05) is 4.90 Å². The second-order valence-electron chi connectivity index (χ2n) is 5.10. The lowest BCUT2D eigenvalue weighted by Gasteiger charge is -2.26. The number of halogens is 1. The summed E-state index contributed by atoms with van der Waals surface area (Å²) in [5.41, 5.74) is 0.727. The molecule has 0 saturated carbocycles. The highest BCUT2D eigenvalue weighted by Crippen LogP contribution is 2.28. The van der Waals surface area contributed by atoms with Crippen molar-refractivity contribution < 1.29 is 14.6 Å². The van der Waals surface area contributed by atoms with E-state index in [2.05, 4.69) is 0 Å². The number of hydrogen-bond acceptors (Lipinski definition) is 3. The molecule has 0 bridgehead atoms. The van der Waals surface area contributed by atoms with E-state index >= 15 is 0 Å². The molecule has 5 heteroatoms. The van der Waals surface area contributed by atoms with Gasteiger partial charge >= 0.3 is 0 Å². The van der Waals surface area contributed by atoms with Crippen LogP contribution in [0.3, 0.4) is 0 Å². The molecule has 1 heterocycles. The molecule has 4 nitrogen and oxygen atoms in total. The molecule has 1 aliphatic rings. The number of carbonyl (C=O) groups excluding carboxylic acids is 1. The van der Waals surface area contributed by atoms with Gasteiger partial charge in [0, 0.05) is 13.1 Å². The van der Waals surface area contributed by atoms with E-state index < -0.39 is 6.10 Å². The first kappa shape index (κ1) is 15.1. The molecule has 0 unspecified atom stereocenters. The zero-order chi connectivity index (χ0) is 14.5. The molecule has 0 aromatic heterocycles. The number of nitrogens with zero attached hydrogens (tertiary/aromatic N) is 1. The third kappa shape index (κ3) is 3.87. The van der Waals surface area contributed by atoms with Crippen LogP contribution >= 0.6 is 11.6 Å². The fraction of sp³-hybridized carbons (Fsp3) is 0.533. The molecule has 1 atom stereocenters. The number of hydrogen-bond donors (Lipinski definition) is 1. The van der Waals surface area contributed by atoms with Crippen LogP contribution in [0.2, 0.25) is 5.02 Å². The second kappa shape index (κ2) is 6.95. The van der Waals surface area contributed by atoms with Crippen molar-refractivity contribution in [1.82, 2.24) is 4.90 Å². The zero-order valence-corrected chi connectivity index (χ0v) is 12.4. The van der Waals surface area contributed by atoms with Gasteiger partial charge in [-0.3, -0.25) is 4.79 Å². The van der Waals surface area contributed by atoms with Gasteiger partial charge in [-0.25, -0.2) is 0 Å². The molecule has 0 aliphatic carbocycles. The maximum Gasteiger partial charge on any atom is 0.260 e. The first-order valence-electron chi connectivity index (χ1n) is 6.96. The van der Waals surface area contributed by atoms with Crippen molar-refractivity contribution in [2.75, 3.05) is 19.7 Å². The van der Waals surface area contributed by atoms with Gasteiger partial charge in [-0.1, -0.05) is 17.7 Å². The number of piperidine rings is 1. The number of aliphatic hydroxyl groups is 1. The van der Waals surface area contributed by atoms with E-state index in [9.17, 15) is 9.90 Å². The summed E-state index contributed by atoms with van der Waals surface area (Å²) in [6.07, 6.45) is 2.75. The van der Waals surface area contributed by atoms with Crippen LogP contribution in [0.25, 0.3) is 0 Å². The van der Waals surface area contributed by atoms with Crippen molar-refractivity contribution in [3.63, 3.8) is 0 Å². The van der Waals surface area contributed by atoms with Crippen LogP contribution in [0.1, 0.15) is 37.9 Å². The summed E-state index contributed by atoms with van der Waals surface area (Å²) in [5.74, 6) is 0.474. The first-order chi connectivity index (χ1) is 9.58. The lowest BCUT2D eigenvalue weighted by atomic mass is 10.1. The molecule has 0 radical (unpaired) electrons. The summed E-state index contributed by atoms with van der Waals surface area (Å²) in [4.78, 5) is 13.8. The molecular formula is C15H20ClNO3. The number of benzene rings is 1. The Morgan fingerprint density at radius 1 is 1.40 bits per heavy atom. The Kier molecular flexibility index (Phi) is 5.26. The van der Waals surface area contributed by atoms with E-state index in [0.29, 0.717) is 10.8 Å². The molecule has 0 spiro atoms. The van der Waals surface area contributed by atoms with Crippen LogP contribution in [0.15, 0.2) is 18.2 Å². The summed E-state index contributed by atoms with van der Waals surface area (Å²) < 4.78 is 5.48. The highest BCUT2D eigenvalue weighted by atomic mass is 35.5. The van der Waals surface area contributed by atoms with Gasteiger partial charge in [0.1, 0.15) is 5.75 Å². The van der Waals surface area contributed by atoms with Crippen LogP contribution in [-0.2, 0) is 4.79 Å². The molecule has 1 N–H and O–H groups in total.